The van der Waals surface area contributed by atoms with E-state index in [1.807, 2.05) is 31.0 Å². The SMILES string of the molecule is CCc1c(F)ccc2cc(O[Si](C(C)C)(C(C)C)C(C)C)cc(-c3ncc4c(c3F)=NCN(OC[C@@]35CCCN3CCC5CO[Si](c3ccccc3)(c3ccccc3)C(C)(C)C)C=4N3CCCC(C)(O)C3)c12. The lowest BCUT2D eigenvalue weighted by Crippen LogP contribution is -2.67. The molecule has 0 amide bonds. The number of aliphatic hydroxyl groups is 1. The molecular formula is C59H79F2N5O4Si2. The van der Waals surface area contributed by atoms with Crippen LogP contribution in [0.15, 0.2) is 96.1 Å². The molecule has 13 heteroatoms. The number of nitrogens with zero attached hydrogens (tertiary/aromatic N) is 5. The van der Waals surface area contributed by atoms with Crippen LogP contribution in [0.1, 0.15) is 114 Å². The van der Waals surface area contributed by atoms with Crippen molar-refractivity contribution in [3.63, 3.8) is 0 Å². The summed E-state index contributed by atoms with van der Waals surface area (Å²) in [5.74, 6) is 0.599. The van der Waals surface area contributed by atoms with Crippen molar-refractivity contribution < 1.29 is 27.6 Å². The summed E-state index contributed by atoms with van der Waals surface area (Å²) in [5.41, 5.74) is 0.780. The number of hydrogen-bond acceptors (Lipinski definition) is 9. The van der Waals surface area contributed by atoms with Gasteiger partial charge in [0.15, 0.2) is 5.82 Å². The molecule has 72 heavy (non-hydrogen) atoms. The third-order valence-electron chi connectivity index (χ3n) is 17.1. The smallest absolute Gasteiger partial charge is 0.261 e. The molecule has 1 aromatic heterocycles. The first kappa shape index (κ1) is 52.4. The number of hydrogen-bond donors (Lipinski definition) is 1. The Kier molecular flexibility index (Phi) is 14.8. The minimum Gasteiger partial charge on any atom is -0.543 e. The monoisotopic (exact) mass is 1020 g/mol. The largest absolute Gasteiger partial charge is 0.543 e. The summed E-state index contributed by atoms with van der Waals surface area (Å²) >= 11 is 0. The molecule has 386 valence electrons. The number of rotatable bonds is 16. The van der Waals surface area contributed by atoms with E-state index in [-0.39, 0.29) is 40.0 Å². The first-order chi connectivity index (χ1) is 34.3. The van der Waals surface area contributed by atoms with Gasteiger partial charge in [0.25, 0.3) is 16.6 Å². The van der Waals surface area contributed by atoms with Gasteiger partial charge in [0.05, 0.1) is 23.0 Å². The molecule has 3 fully saturated rings. The second kappa shape index (κ2) is 20.3. The van der Waals surface area contributed by atoms with Crippen molar-refractivity contribution in [2.45, 2.75) is 147 Å². The Balaban J connectivity index is 1.11. The predicted octanol–water partition coefficient (Wildman–Crippen LogP) is 10.5. The van der Waals surface area contributed by atoms with E-state index < -0.39 is 28.1 Å². The van der Waals surface area contributed by atoms with E-state index in [1.54, 1.807) is 12.3 Å². The molecule has 0 bridgehead atoms. The summed E-state index contributed by atoms with van der Waals surface area (Å²) in [4.78, 5) is 21.8. The number of piperidine rings is 1. The minimum absolute atomic E-state index is 0.0463. The Labute approximate surface area is 429 Å². The summed E-state index contributed by atoms with van der Waals surface area (Å²) < 4.78 is 48.6. The van der Waals surface area contributed by atoms with E-state index in [0.717, 1.165) is 44.2 Å². The van der Waals surface area contributed by atoms with Crippen molar-refractivity contribution >= 4 is 43.6 Å². The van der Waals surface area contributed by atoms with Crippen molar-refractivity contribution in [1.29, 1.82) is 0 Å². The van der Waals surface area contributed by atoms with Gasteiger partial charge in [-0.25, -0.2) is 13.8 Å². The minimum atomic E-state index is -2.81. The van der Waals surface area contributed by atoms with E-state index in [1.165, 1.54) is 16.4 Å². The lowest BCUT2D eigenvalue weighted by atomic mass is 9.84. The predicted molar refractivity (Wildman–Crippen MR) is 292 cm³/mol. The molecule has 2 unspecified atom stereocenters. The summed E-state index contributed by atoms with van der Waals surface area (Å²) in [7, 11) is -5.25. The van der Waals surface area contributed by atoms with Crippen molar-refractivity contribution in [1.82, 2.24) is 19.8 Å². The normalized spacial score (nSPS) is 22.1. The maximum absolute atomic E-state index is 17.9. The Bertz CT molecular complexity index is 2820. The van der Waals surface area contributed by atoms with Gasteiger partial charge < -0.3 is 18.9 Å². The average Bonchev–Trinajstić information content (AvgIpc) is 3.91. The van der Waals surface area contributed by atoms with Gasteiger partial charge in [0.1, 0.15) is 35.1 Å². The van der Waals surface area contributed by atoms with Crippen LogP contribution >= 0.6 is 0 Å². The van der Waals surface area contributed by atoms with Gasteiger partial charge in [-0.05, 0) is 125 Å². The second-order valence-corrected chi connectivity index (χ2v) is 33.2. The molecular weight excluding hydrogens is 937 g/mol. The molecule has 9 rings (SSSR count). The molecule has 1 N–H and O–H groups in total. The lowest BCUT2D eigenvalue weighted by molar-refractivity contribution is -0.161. The van der Waals surface area contributed by atoms with Crippen LogP contribution in [0.2, 0.25) is 21.7 Å². The average molecular weight is 1020 g/mol. The molecule has 0 aliphatic carbocycles. The van der Waals surface area contributed by atoms with Gasteiger partial charge in [-0.2, -0.15) is 0 Å². The highest BCUT2D eigenvalue weighted by Crippen LogP contribution is 2.47. The van der Waals surface area contributed by atoms with Crippen molar-refractivity contribution in [3.8, 4) is 17.0 Å². The lowest BCUT2D eigenvalue weighted by Gasteiger charge is -2.46. The Morgan fingerprint density at radius 1 is 0.847 bits per heavy atom. The van der Waals surface area contributed by atoms with Crippen LogP contribution in [0.25, 0.3) is 27.9 Å². The van der Waals surface area contributed by atoms with Gasteiger partial charge in [-0.1, -0.05) is 136 Å². The van der Waals surface area contributed by atoms with Gasteiger partial charge in [-0.15, -0.1) is 0 Å². The fourth-order valence-electron chi connectivity index (χ4n) is 13.8. The number of pyridine rings is 1. The molecule has 4 aliphatic rings. The van der Waals surface area contributed by atoms with E-state index in [2.05, 4.69) is 133 Å². The topological polar surface area (TPSA) is 82.9 Å². The molecule has 0 saturated carbocycles. The van der Waals surface area contributed by atoms with E-state index >= 15 is 8.78 Å². The van der Waals surface area contributed by atoms with Crippen LogP contribution in [0.5, 0.6) is 5.75 Å². The molecule has 4 aromatic carbocycles. The van der Waals surface area contributed by atoms with Crippen LogP contribution in [0, 0.1) is 17.6 Å². The summed E-state index contributed by atoms with van der Waals surface area (Å²) in [6.45, 7) is 28.3. The Morgan fingerprint density at radius 3 is 2.11 bits per heavy atom. The second-order valence-electron chi connectivity index (χ2n) is 23.5. The number of likely N-dealkylation sites (tertiary alicyclic amines) is 1. The molecule has 0 spiro atoms. The van der Waals surface area contributed by atoms with Crippen LogP contribution in [0.4, 0.5) is 8.78 Å². The third-order valence-corrected chi connectivity index (χ3v) is 28.1. The maximum atomic E-state index is 17.9. The van der Waals surface area contributed by atoms with Crippen LogP contribution in [0.3, 0.4) is 0 Å². The quantitative estimate of drug-likeness (QED) is 0.0979. The zero-order valence-corrected chi connectivity index (χ0v) is 46.8. The number of fused-ring (bicyclic) bond motifs is 3. The van der Waals surface area contributed by atoms with Crippen LogP contribution < -0.4 is 25.4 Å². The van der Waals surface area contributed by atoms with E-state index in [4.69, 9.17) is 23.7 Å². The van der Waals surface area contributed by atoms with E-state index in [0.29, 0.717) is 89.1 Å². The summed E-state index contributed by atoms with van der Waals surface area (Å²) in [6, 6.07) is 28.9. The zero-order valence-electron chi connectivity index (χ0n) is 44.8. The molecule has 0 radical (unpaired) electrons. The highest BCUT2D eigenvalue weighted by atomic mass is 28.4. The fraction of sp³-hybridized carbons (Fsp3) is 0.525. The first-order valence-electron chi connectivity index (χ1n) is 26.8. The van der Waals surface area contributed by atoms with Gasteiger partial charge in [0.2, 0.25) is 0 Å². The zero-order chi connectivity index (χ0) is 51.4. The number of hydroxylamine groups is 2. The Hall–Kier alpha value is -4.51. The van der Waals surface area contributed by atoms with E-state index in [9.17, 15) is 5.11 Å². The molecule has 3 saturated heterocycles. The van der Waals surface area contributed by atoms with Gasteiger partial charge >= 0.3 is 0 Å². The number of benzene rings is 4. The summed E-state index contributed by atoms with van der Waals surface area (Å²) in [6.07, 6.45) is 6.57. The van der Waals surface area contributed by atoms with Crippen LogP contribution in [-0.4, -0.2) is 98.8 Å². The maximum Gasteiger partial charge on any atom is 0.261 e. The molecule has 9 nitrogen and oxygen atoms in total. The van der Waals surface area contributed by atoms with Gasteiger partial charge in [0, 0.05) is 37.4 Å². The number of β-amino-alcohol motifs (C(OH)–C–C–N with tert-alkyl or cyclic N) is 1. The first-order valence-corrected chi connectivity index (χ1v) is 30.9. The molecule has 5 aromatic rings. The molecule has 4 aliphatic heterocycles. The van der Waals surface area contributed by atoms with Gasteiger partial charge in [-0.3, -0.25) is 19.7 Å². The number of aryl methyl sites for hydroxylation is 1. The number of aromatic nitrogens is 1. The highest BCUT2D eigenvalue weighted by Gasteiger charge is 2.56. The molecule has 5 heterocycles. The summed E-state index contributed by atoms with van der Waals surface area (Å²) in [5, 5.41) is 17.9. The number of halogens is 2. The Morgan fingerprint density at radius 2 is 1.50 bits per heavy atom. The fourth-order valence-corrected chi connectivity index (χ4v) is 23.7. The van der Waals surface area contributed by atoms with Crippen molar-refractivity contribution in [3.05, 3.63) is 119 Å². The third kappa shape index (κ3) is 9.16. The highest BCUT2D eigenvalue weighted by molar-refractivity contribution is 6.99. The van der Waals surface area contributed by atoms with Crippen molar-refractivity contribution in [2.75, 3.05) is 46.1 Å². The molecule has 3 atom stereocenters. The standard InChI is InChI=1S/C59H79F2N5O4Si2/c1-12-48-51(60)26-25-43-33-45(70-71(40(2)3,41(4)5)42(6)7)34-49(52(43)48)54-53(61)55-50(35-62-54)56(64-30-19-28-58(11,67)37-64)66(39-63-55)68-38-59-29-20-31-65(59)32-27-44(59)36-69-72(57(8,9)10,46-21-15-13-16-22-46)47-23-17-14-18-24-47/h13-18,21-26,33-35,40-42,44,67H,12,19-20,27-32,36-39H2,1-11H3/t44?,58?,59-/m1/s1. The van der Waals surface area contributed by atoms with Crippen LogP contribution in [-0.2, 0) is 15.7 Å². The van der Waals surface area contributed by atoms with Crippen molar-refractivity contribution in [2.24, 2.45) is 10.9 Å².